The maximum absolute atomic E-state index is 5.68. The van der Waals surface area contributed by atoms with Crippen molar-refractivity contribution in [2.24, 2.45) is 4.99 Å². The van der Waals surface area contributed by atoms with Crippen LogP contribution in [0.2, 0.25) is 0 Å². The highest BCUT2D eigenvalue weighted by molar-refractivity contribution is 5.82. The monoisotopic (exact) mass is 267 g/mol. The Kier molecular flexibility index (Phi) is 5.84. The molecule has 0 fully saturated rings. The third-order valence-corrected chi connectivity index (χ3v) is 3.02. The summed E-state index contributed by atoms with van der Waals surface area (Å²) < 4.78 is 5.68. The predicted octanol–water partition coefficient (Wildman–Crippen LogP) is 5.01. The van der Waals surface area contributed by atoms with Gasteiger partial charge >= 0.3 is 0 Å². The van der Waals surface area contributed by atoms with E-state index in [1.165, 1.54) is 12.8 Å². The van der Waals surface area contributed by atoms with Crippen LogP contribution in [0.1, 0.15) is 31.7 Å². The maximum Gasteiger partial charge on any atom is 0.119 e. The molecule has 0 spiro atoms. The zero-order valence-corrected chi connectivity index (χ0v) is 12.0. The first kappa shape index (κ1) is 14.3. The summed E-state index contributed by atoms with van der Waals surface area (Å²) in [6, 6.07) is 18.0. The first-order chi connectivity index (χ1) is 9.88. The molecule has 0 amide bonds. The summed E-state index contributed by atoms with van der Waals surface area (Å²) in [4.78, 5) is 4.43. The van der Waals surface area contributed by atoms with Gasteiger partial charge in [-0.1, -0.05) is 38.0 Å². The number of nitrogens with zero attached hydrogens (tertiary/aromatic N) is 1. The summed E-state index contributed by atoms with van der Waals surface area (Å²) in [5.74, 6) is 0.929. The zero-order valence-electron chi connectivity index (χ0n) is 12.0. The minimum absolute atomic E-state index is 0.797. The molecule has 2 rings (SSSR count). The number of hydrogen-bond donors (Lipinski definition) is 0. The molecule has 20 heavy (non-hydrogen) atoms. The normalized spacial score (nSPS) is 10.8. The van der Waals surface area contributed by atoms with Crippen LogP contribution in [0, 0.1) is 0 Å². The number of unbranched alkanes of at least 4 members (excludes halogenated alkanes) is 2. The summed E-state index contributed by atoms with van der Waals surface area (Å²) in [5.41, 5.74) is 2.04. The fraction of sp³-hybridized carbons (Fsp3) is 0.278. The summed E-state index contributed by atoms with van der Waals surface area (Å²) in [7, 11) is 0. The predicted molar refractivity (Wildman–Crippen MR) is 85.2 cm³/mol. The third-order valence-electron chi connectivity index (χ3n) is 3.02. The van der Waals surface area contributed by atoms with E-state index in [-0.39, 0.29) is 0 Å². The van der Waals surface area contributed by atoms with Crippen LogP contribution in [0.25, 0.3) is 0 Å². The fourth-order valence-electron chi connectivity index (χ4n) is 1.86. The average Bonchev–Trinajstić information content (AvgIpc) is 2.52. The van der Waals surface area contributed by atoms with E-state index in [4.69, 9.17) is 4.74 Å². The number of rotatable bonds is 7. The number of hydrogen-bond acceptors (Lipinski definition) is 2. The molecule has 0 bridgehead atoms. The van der Waals surface area contributed by atoms with Crippen molar-refractivity contribution in [2.75, 3.05) is 6.61 Å². The van der Waals surface area contributed by atoms with Gasteiger partial charge in [-0.2, -0.15) is 0 Å². The molecular weight excluding hydrogens is 246 g/mol. The second-order valence-corrected chi connectivity index (χ2v) is 4.72. The SMILES string of the molecule is CCCCCOc1ccc(C=Nc2ccccc2)cc1. The molecule has 0 aromatic heterocycles. The van der Waals surface area contributed by atoms with Crippen molar-refractivity contribution in [1.29, 1.82) is 0 Å². The highest BCUT2D eigenvalue weighted by Gasteiger charge is 1.94. The van der Waals surface area contributed by atoms with Crippen LogP contribution >= 0.6 is 0 Å². The van der Waals surface area contributed by atoms with Crippen LogP contribution in [0.4, 0.5) is 5.69 Å². The molecule has 2 nitrogen and oxygen atoms in total. The van der Waals surface area contributed by atoms with Gasteiger partial charge in [-0.3, -0.25) is 4.99 Å². The molecule has 2 aromatic rings. The lowest BCUT2D eigenvalue weighted by Gasteiger charge is -2.05. The second kappa shape index (κ2) is 8.16. The van der Waals surface area contributed by atoms with Crippen LogP contribution in [0.15, 0.2) is 59.6 Å². The van der Waals surface area contributed by atoms with E-state index in [0.29, 0.717) is 0 Å². The smallest absolute Gasteiger partial charge is 0.119 e. The summed E-state index contributed by atoms with van der Waals surface area (Å²) in [6.45, 7) is 2.99. The maximum atomic E-state index is 5.68. The fourth-order valence-corrected chi connectivity index (χ4v) is 1.86. The Morgan fingerprint density at radius 1 is 0.950 bits per heavy atom. The van der Waals surface area contributed by atoms with E-state index in [1.54, 1.807) is 0 Å². The summed E-state index contributed by atoms with van der Waals surface area (Å²) in [6.07, 6.45) is 5.43. The average molecular weight is 267 g/mol. The van der Waals surface area contributed by atoms with Crippen molar-refractivity contribution in [2.45, 2.75) is 26.2 Å². The van der Waals surface area contributed by atoms with Crippen LogP contribution in [-0.2, 0) is 0 Å². The zero-order chi connectivity index (χ0) is 14.0. The van der Waals surface area contributed by atoms with Gasteiger partial charge in [0.25, 0.3) is 0 Å². The van der Waals surface area contributed by atoms with Gasteiger partial charge in [-0.05, 0) is 48.4 Å². The minimum Gasteiger partial charge on any atom is -0.494 e. The molecule has 0 aliphatic heterocycles. The van der Waals surface area contributed by atoms with Crippen molar-refractivity contribution in [3.8, 4) is 5.75 Å². The molecule has 0 N–H and O–H groups in total. The van der Waals surface area contributed by atoms with Gasteiger partial charge in [0.1, 0.15) is 5.75 Å². The molecule has 0 saturated carbocycles. The molecule has 2 heteroatoms. The topological polar surface area (TPSA) is 21.6 Å². The molecule has 0 radical (unpaired) electrons. The largest absolute Gasteiger partial charge is 0.494 e. The van der Waals surface area contributed by atoms with Gasteiger partial charge in [0.2, 0.25) is 0 Å². The first-order valence-electron chi connectivity index (χ1n) is 7.20. The van der Waals surface area contributed by atoms with Crippen LogP contribution in [-0.4, -0.2) is 12.8 Å². The van der Waals surface area contributed by atoms with Crippen molar-refractivity contribution < 1.29 is 4.74 Å². The number of ether oxygens (including phenoxy) is 1. The quantitative estimate of drug-likeness (QED) is 0.510. The first-order valence-corrected chi connectivity index (χ1v) is 7.20. The highest BCUT2D eigenvalue weighted by Crippen LogP contribution is 2.14. The molecule has 0 saturated heterocycles. The Labute approximate surface area is 121 Å². The van der Waals surface area contributed by atoms with E-state index in [0.717, 1.165) is 30.0 Å². The van der Waals surface area contributed by atoms with Crippen LogP contribution in [0.5, 0.6) is 5.75 Å². The van der Waals surface area contributed by atoms with E-state index >= 15 is 0 Å². The molecule has 0 atom stereocenters. The van der Waals surface area contributed by atoms with Crippen molar-refractivity contribution >= 4 is 11.9 Å². The van der Waals surface area contributed by atoms with Gasteiger partial charge < -0.3 is 4.74 Å². The van der Waals surface area contributed by atoms with E-state index < -0.39 is 0 Å². The van der Waals surface area contributed by atoms with Crippen LogP contribution in [0.3, 0.4) is 0 Å². The van der Waals surface area contributed by atoms with Crippen molar-refractivity contribution in [3.63, 3.8) is 0 Å². The molecule has 2 aromatic carbocycles. The summed E-state index contributed by atoms with van der Waals surface area (Å²) in [5, 5.41) is 0. The van der Waals surface area contributed by atoms with Gasteiger partial charge in [0.05, 0.1) is 12.3 Å². The Morgan fingerprint density at radius 2 is 1.70 bits per heavy atom. The highest BCUT2D eigenvalue weighted by atomic mass is 16.5. The Morgan fingerprint density at radius 3 is 2.40 bits per heavy atom. The van der Waals surface area contributed by atoms with Crippen molar-refractivity contribution in [1.82, 2.24) is 0 Å². The number of aliphatic imine (C=N–C) groups is 1. The van der Waals surface area contributed by atoms with Gasteiger partial charge in [0, 0.05) is 6.21 Å². The molecule has 0 heterocycles. The molecule has 0 unspecified atom stereocenters. The Bertz CT molecular complexity index is 517. The van der Waals surface area contributed by atoms with Gasteiger partial charge in [-0.15, -0.1) is 0 Å². The number of benzene rings is 2. The molecule has 0 aliphatic carbocycles. The van der Waals surface area contributed by atoms with Gasteiger partial charge in [-0.25, -0.2) is 0 Å². The summed E-state index contributed by atoms with van der Waals surface area (Å²) >= 11 is 0. The van der Waals surface area contributed by atoms with E-state index in [2.05, 4.69) is 11.9 Å². The number of para-hydroxylation sites is 1. The molecular formula is C18H21NO. The minimum atomic E-state index is 0.797. The lowest BCUT2D eigenvalue weighted by molar-refractivity contribution is 0.306. The standard InChI is InChI=1S/C18H21NO/c1-2-3-7-14-20-18-12-10-16(11-13-18)15-19-17-8-5-4-6-9-17/h4-6,8-13,15H,2-3,7,14H2,1H3. The Hall–Kier alpha value is -2.09. The molecule has 0 aliphatic rings. The lowest BCUT2D eigenvalue weighted by Crippen LogP contribution is -1.96. The Balaban J connectivity index is 1.87. The van der Waals surface area contributed by atoms with Gasteiger partial charge in [0.15, 0.2) is 0 Å². The van der Waals surface area contributed by atoms with Crippen molar-refractivity contribution in [3.05, 3.63) is 60.2 Å². The lowest BCUT2D eigenvalue weighted by atomic mass is 10.2. The van der Waals surface area contributed by atoms with Crippen LogP contribution < -0.4 is 4.74 Å². The van der Waals surface area contributed by atoms with E-state index in [9.17, 15) is 0 Å². The molecule has 104 valence electrons. The third kappa shape index (κ3) is 4.88. The second-order valence-electron chi connectivity index (χ2n) is 4.72. The van der Waals surface area contributed by atoms with E-state index in [1.807, 2.05) is 60.8 Å².